The third-order valence-corrected chi connectivity index (χ3v) is 6.48. The zero-order valence-corrected chi connectivity index (χ0v) is 18.4. The number of thioether (sulfide) groups is 2. The van der Waals surface area contributed by atoms with Gasteiger partial charge in [0.1, 0.15) is 5.75 Å². The molecule has 2 aromatic carbocycles. The van der Waals surface area contributed by atoms with Crippen LogP contribution in [0.1, 0.15) is 19.0 Å². The molecule has 1 atom stereocenters. The minimum Gasteiger partial charge on any atom is -0.495 e. The number of carbonyl (C=O) groups is 1. The second-order valence-electron chi connectivity index (χ2n) is 6.35. The summed E-state index contributed by atoms with van der Waals surface area (Å²) in [4.78, 5) is 33.3. The number of hydrogen-bond acceptors (Lipinski definition) is 6. The number of aromatic amines is 1. The molecule has 0 aliphatic carbocycles. The lowest BCUT2D eigenvalue weighted by Crippen LogP contribution is -2.25. The van der Waals surface area contributed by atoms with Gasteiger partial charge >= 0.3 is 0 Å². The molecule has 30 heavy (non-hydrogen) atoms. The van der Waals surface area contributed by atoms with Crippen molar-refractivity contribution in [2.24, 2.45) is 0 Å². The van der Waals surface area contributed by atoms with Crippen molar-refractivity contribution in [3.63, 3.8) is 0 Å². The molecule has 1 unspecified atom stereocenters. The molecule has 0 aliphatic heterocycles. The predicted molar refractivity (Wildman–Crippen MR) is 122 cm³/mol. The van der Waals surface area contributed by atoms with Crippen LogP contribution in [0.3, 0.4) is 0 Å². The lowest BCUT2D eigenvalue weighted by Gasteiger charge is -2.16. The molecule has 6 nitrogen and oxygen atoms in total. The molecule has 1 heterocycles. The average molecular weight is 442 g/mol. The van der Waals surface area contributed by atoms with Crippen LogP contribution in [0.2, 0.25) is 0 Å². The van der Waals surface area contributed by atoms with Crippen molar-refractivity contribution < 1.29 is 9.53 Å². The highest BCUT2D eigenvalue weighted by atomic mass is 32.2. The summed E-state index contributed by atoms with van der Waals surface area (Å²) < 4.78 is 5.29. The van der Waals surface area contributed by atoms with E-state index in [1.54, 1.807) is 31.0 Å². The van der Waals surface area contributed by atoms with Crippen molar-refractivity contribution in [2.45, 2.75) is 34.4 Å². The standard InChI is InChI=1S/C22H23N3O3S2/c1-3-19(21(27)24-17-11-7-8-12-18(17)28-2)30-22-23-15(13-20(26)25-22)14-29-16-9-5-4-6-10-16/h4-13,19H,3,14H2,1-2H3,(H,24,27)(H,23,25,26). The number of carbonyl (C=O) groups excluding carboxylic acids is 1. The van der Waals surface area contributed by atoms with E-state index in [4.69, 9.17) is 4.74 Å². The molecule has 0 radical (unpaired) electrons. The molecular formula is C22H23N3O3S2. The monoisotopic (exact) mass is 441 g/mol. The molecule has 0 saturated heterocycles. The molecule has 1 aromatic heterocycles. The minimum atomic E-state index is -0.407. The summed E-state index contributed by atoms with van der Waals surface area (Å²) >= 11 is 2.86. The van der Waals surface area contributed by atoms with Gasteiger partial charge in [0, 0.05) is 16.7 Å². The van der Waals surface area contributed by atoms with E-state index in [2.05, 4.69) is 15.3 Å². The fourth-order valence-corrected chi connectivity index (χ4v) is 4.45. The number of para-hydroxylation sites is 2. The van der Waals surface area contributed by atoms with Crippen molar-refractivity contribution in [3.8, 4) is 5.75 Å². The third kappa shape index (κ3) is 6.14. The Hall–Kier alpha value is -2.71. The summed E-state index contributed by atoms with van der Waals surface area (Å²) in [5.41, 5.74) is 1.06. The number of H-pyrrole nitrogens is 1. The predicted octanol–water partition coefficient (Wildman–Crippen LogP) is 4.58. The first-order valence-electron chi connectivity index (χ1n) is 9.47. The number of rotatable bonds is 9. The van der Waals surface area contributed by atoms with Crippen molar-refractivity contribution >= 4 is 35.1 Å². The van der Waals surface area contributed by atoms with E-state index >= 15 is 0 Å². The molecule has 156 valence electrons. The number of hydrogen-bond donors (Lipinski definition) is 2. The molecule has 3 aromatic rings. The van der Waals surface area contributed by atoms with Gasteiger partial charge in [0.25, 0.3) is 5.56 Å². The lowest BCUT2D eigenvalue weighted by atomic mass is 10.2. The van der Waals surface area contributed by atoms with Gasteiger partial charge in [0.15, 0.2) is 5.16 Å². The van der Waals surface area contributed by atoms with Crippen LogP contribution in [0.15, 0.2) is 75.5 Å². The van der Waals surface area contributed by atoms with E-state index in [1.165, 1.54) is 17.8 Å². The normalized spacial score (nSPS) is 11.7. The number of nitrogens with zero attached hydrogens (tertiary/aromatic N) is 1. The number of anilines is 1. The Kier molecular flexibility index (Phi) is 7.98. The van der Waals surface area contributed by atoms with E-state index in [-0.39, 0.29) is 11.5 Å². The van der Waals surface area contributed by atoms with Crippen LogP contribution in [0.4, 0.5) is 5.69 Å². The molecule has 0 spiro atoms. The van der Waals surface area contributed by atoms with E-state index in [1.807, 2.05) is 49.4 Å². The summed E-state index contributed by atoms with van der Waals surface area (Å²) in [5, 5.41) is 2.93. The number of amides is 1. The van der Waals surface area contributed by atoms with Gasteiger partial charge in [-0.15, -0.1) is 11.8 Å². The van der Waals surface area contributed by atoms with E-state index in [9.17, 15) is 9.59 Å². The Morgan fingerprint density at radius 1 is 1.17 bits per heavy atom. The van der Waals surface area contributed by atoms with Crippen molar-refractivity contribution in [2.75, 3.05) is 12.4 Å². The van der Waals surface area contributed by atoms with Crippen LogP contribution in [0, 0.1) is 0 Å². The van der Waals surface area contributed by atoms with Gasteiger partial charge in [-0.2, -0.15) is 0 Å². The minimum absolute atomic E-state index is 0.168. The summed E-state index contributed by atoms with van der Waals surface area (Å²) in [7, 11) is 1.56. The fourth-order valence-electron chi connectivity index (χ4n) is 2.71. The fraction of sp³-hybridized carbons (Fsp3) is 0.227. The molecule has 8 heteroatoms. The van der Waals surface area contributed by atoms with Crippen molar-refractivity contribution in [1.82, 2.24) is 9.97 Å². The first kappa shape index (κ1) is 22.0. The molecule has 1 amide bonds. The molecule has 0 aliphatic rings. The Bertz CT molecular complexity index is 1040. The SMILES string of the molecule is CCC(Sc1nc(CSc2ccccc2)cc(=O)[nH]1)C(=O)Nc1ccccc1OC. The van der Waals surface area contributed by atoms with E-state index in [0.29, 0.717) is 34.5 Å². The zero-order chi connectivity index (χ0) is 21.3. The quantitative estimate of drug-likeness (QED) is 0.374. The highest BCUT2D eigenvalue weighted by Crippen LogP contribution is 2.27. The van der Waals surface area contributed by atoms with Crippen LogP contribution in [0.25, 0.3) is 0 Å². The smallest absolute Gasteiger partial charge is 0.251 e. The van der Waals surface area contributed by atoms with Crippen LogP contribution in [0.5, 0.6) is 5.75 Å². The van der Waals surface area contributed by atoms with E-state index in [0.717, 1.165) is 4.90 Å². The first-order chi connectivity index (χ1) is 14.6. The molecule has 0 bridgehead atoms. The molecular weight excluding hydrogens is 418 g/mol. The number of methoxy groups -OCH3 is 1. The van der Waals surface area contributed by atoms with Gasteiger partial charge < -0.3 is 15.0 Å². The molecule has 0 fully saturated rings. The second-order valence-corrected chi connectivity index (χ2v) is 8.59. The zero-order valence-electron chi connectivity index (χ0n) is 16.8. The Labute approximate surface area is 183 Å². The molecule has 2 N–H and O–H groups in total. The highest BCUT2D eigenvalue weighted by molar-refractivity contribution is 8.00. The van der Waals surface area contributed by atoms with Crippen LogP contribution >= 0.6 is 23.5 Å². The lowest BCUT2D eigenvalue weighted by molar-refractivity contribution is -0.115. The van der Waals surface area contributed by atoms with Crippen LogP contribution < -0.4 is 15.6 Å². The second kappa shape index (κ2) is 10.9. The Morgan fingerprint density at radius 3 is 2.63 bits per heavy atom. The topological polar surface area (TPSA) is 84.1 Å². The maximum Gasteiger partial charge on any atom is 0.251 e. The maximum atomic E-state index is 12.8. The summed E-state index contributed by atoms with van der Waals surface area (Å²) in [6.07, 6.45) is 0.582. The van der Waals surface area contributed by atoms with Gasteiger partial charge in [-0.3, -0.25) is 9.59 Å². The van der Waals surface area contributed by atoms with Crippen molar-refractivity contribution in [1.29, 1.82) is 0 Å². The number of nitrogens with one attached hydrogen (secondary N) is 2. The molecule has 0 saturated carbocycles. The Morgan fingerprint density at radius 2 is 1.90 bits per heavy atom. The van der Waals surface area contributed by atoms with Crippen LogP contribution in [-0.2, 0) is 10.5 Å². The maximum absolute atomic E-state index is 12.8. The van der Waals surface area contributed by atoms with Gasteiger partial charge in [-0.1, -0.05) is 49.0 Å². The van der Waals surface area contributed by atoms with Gasteiger partial charge in [0.2, 0.25) is 5.91 Å². The average Bonchev–Trinajstić information content (AvgIpc) is 2.76. The Balaban J connectivity index is 1.69. The number of benzene rings is 2. The van der Waals surface area contributed by atoms with E-state index < -0.39 is 5.25 Å². The first-order valence-corrected chi connectivity index (χ1v) is 11.3. The summed E-state index contributed by atoms with van der Waals surface area (Å²) in [5.74, 6) is 1.00. The third-order valence-electron chi connectivity index (χ3n) is 4.18. The van der Waals surface area contributed by atoms with Gasteiger partial charge in [0.05, 0.1) is 23.7 Å². The number of ether oxygens (including phenoxy) is 1. The largest absolute Gasteiger partial charge is 0.495 e. The van der Waals surface area contributed by atoms with Crippen molar-refractivity contribution in [3.05, 3.63) is 76.7 Å². The van der Waals surface area contributed by atoms with Crippen LogP contribution in [-0.4, -0.2) is 28.2 Å². The summed E-state index contributed by atoms with van der Waals surface area (Å²) in [6, 6.07) is 18.7. The van der Waals surface area contributed by atoms with Gasteiger partial charge in [-0.25, -0.2) is 4.98 Å². The summed E-state index contributed by atoms with van der Waals surface area (Å²) in [6.45, 7) is 1.92. The van der Waals surface area contributed by atoms with Gasteiger partial charge in [-0.05, 0) is 30.7 Å². The molecule has 3 rings (SSSR count). The number of aromatic nitrogens is 2. The highest BCUT2D eigenvalue weighted by Gasteiger charge is 2.21.